The first-order chi connectivity index (χ1) is 20.2. The van der Waals surface area contributed by atoms with E-state index in [1.54, 1.807) is 45.7 Å². The van der Waals surface area contributed by atoms with E-state index in [0.717, 1.165) is 0 Å². The maximum atomic E-state index is 13.3. The standard InChI is InChI=1S/C30H35N3O9S/c1-18(2)17-43(37,38)42-20-9-10-22(26(15-20)40-7)21-11-12-24-28(32(5)29(34)30(3,4)31-24)23(21)16-41-27-14-19(33(35)36)8-13-25(27)39-6/h8-15,18,31H,16-17H2,1-7H3. The highest BCUT2D eigenvalue weighted by Crippen LogP contribution is 2.45. The quantitative estimate of drug-likeness (QED) is 0.170. The molecule has 0 radical (unpaired) electrons. The largest absolute Gasteiger partial charge is 0.496 e. The number of nitrogens with zero attached hydrogens (tertiary/aromatic N) is 2. The van der Waals surface area contributed by atoms with Gasteiger partial charge >= 0.3 is 10.1 Å². The molecule has 3 aromatic carbocycles. The van der Waals surface area contributed by atoms with Gasteiger partial charge in [-0.25, -0.2) is 0 Å². The molecular weight excluding hydrogens is 578 g/mol. The molecule has 0 spiro atoms. The SMILES string of the molecule is COc1ccc([N+](=O)[O-])cc1OCc1c(-c2ccc(OS(=O)(=O)CC(C)C)cc2OC)ccc2c1N(C)C(=O)C(C)(C)N2. The van der Waals surface area contributed by atoms with Gasteiger partial charge < -0.3 is 28.6 Å². The Balaban J connectivity index is 1.85. The van der Waals surface area contributed by atoms with Crippen molar-refractivity contribution in [1.82, 2.24) is 0 Å². The van der Waals surface area contributed by atoms with E-state index in [0.29, 0.717) is 39.6 Å². The molecule has 0 fully saturated rings. The van der Waals surface area contributed by atoms with Crippen molar-refractivity contribution < 1.29 is 36.5 Å². The van der Waals surface area contributed by atoms with E-state index in [9.17, 15) is 23.3 Å². The van der Waals surface area contributed by atoms with E-state index >= 15 is 0 Å². The number of nitro benzene ring substituents is 1. The van der Waals surface area contributed by atoms with Crippen LogP contribution in [0.2, 0.25) is 0 Å². The molecule has 4 rings (SSSR count). The number of amides is 1. The molecule has 1 N–H and O–H groups in total. The highest BCUT2D eigenvalue weighted by molar-refractivity contribution is 7.87. The number of methoxy groups -OCH3 is 2. The summed E-state index contributed by atoms with van der Waals surface area (Å²) in [7, 11) is 0.722. The minimum absolute atomic E-state index is 0.0917. The third kappa shape index (κ3) is 6.61. The van der Waals surface area contributed by atoms with E-state index < -0.39 is 20.6 Å². The van der Waals surface area contributed by atoms with Crippen LogP contribution in [0, 0.1) is 16.0 Å². The Kier molecular flexibility index (Phi) is 8.76. The fraction of sp³-hybridized carbons (Fsp3) is 0.367. The number of benzene rings is 3. The van der Waals surface area contributed by atoms with Crippen molar-refractivity contribution in [3.63, 3.8) is 0 Å². The molecule has 13 heteroatoms. The van der Waals surface area contributed by atoms with E-state index in [1.165, 1.54) is 44.6 Å². The van der Waals surface area contributed by atoms with Crippen LogP contribution in [0.1, 0.15) is 33.3 Å². The summed E-state index contributed by atoms with van der Waals surface area (Å²) < 4.78 is 47.4. The molecule has 3 aromatic rings. The molecule has 0 aliphatic carbocycles. The maximum Gasteiger partial charge on any atom is 0.309 e. The lowest BCUT2D eigenvalue weighted by molar-refractivity contribution is -0.385. The van der Waals surface area contributed by atoms with Gasteiger partial charge in [0.1, 0.15) is 23.6 Å². The van der Waals surface area contributed by atoms with Crippen LogP contribution in [0.5, 0.6) is 23.0 Å². The van der Waals surface area contributed by atoms with E-state index in [-0.39, 0.29) is 41.4 Å². The van der Waals surface area contributed by atoms with E-state index in [4.69, 9.17) is 18.4 Å². The average molecular weight is 614 g/mol. The lowest BCUT2D eigenvalue weighted by Crippen LogP contribution is -2.52. The van der Waals surface area contributed by atoms with Crippen molar-refractivity contribution in [2.45, 2.75) is 39.8 Å². The molecule has 0 saturated carbocycles. The van der Waals surface area contributed by atoms with Gasteiger partial charge in [0.25, 0.3) is 11.6 Å². The highest BCUT2D eigenvalue weighted by Gasteiger charge is 2.39. The van der Waals surface area contributed by atoms with Crippen LogP contribution in [0.25, 0.3) is 11.1 Å². The molecular formula is C30H35N3O9S. The van der Waals surface area contributed by atoms with Gasteiger partial charge in [-0.1, -0.05) is 19.9 Å². The van der Waals surface area contributed by atoms with E-state index in [1.807, 2.05) is 12.1 Å². The monoisotopic (exact) mass is 613 g/mol. The number of carbonyl (C=O) groups excluding carboxylic acids is 1. The molecule has 1 aliphatic rings. The van der Waals surface area contributed by atoms with Gasteiger partial charge in [-0.2, -0.15) is 8.42 Å². The second-order valence-corrected chi connectivity index (χ2v) is 12.7. The Bertz CT molecular complexity index is 1670. The lowest BCUT2D eigenvalue weighted by Gasteiger charge is -2.39. The predicted octanol–water partition coefficient (Wildman–Crippen LogP) is 5.39. The van der Waals surface area contributed by atoms with Crippen molar-refractivity contribution >= 4 is 33.1 Å². The second-order valence-electron chi connectivity index (χ2n) is 11.0. The Morgan fingerprint density at radius 1 is 0.977 bits per heavy atom. The average Bonchev–Trinajstić information content (AvgIpc) is 2.93. The summed E-state index contributed by atoms with van der Waals surface area (Å²) >= 11 is 0. The number of anilines is 2. The number of ether oxygens (including phenoxy) is 3. The summed E-state index contributed by atoms with van der Waals surface area (Å²) in [5.41, 5.74) is 1.96. The van der Waals surface area contributed by atoms with Gasteiger partial charge in [0.15, 0.2) is 11.5 Å². The molecule has 0 atom stereocenters. The van der Waals surface area contributed by atoms with Crippen LogP contribution >= 0.6 is 0 Å². The Labute approximate surface area is 250 Å². The third-order valence-electron chi connectivity index (χ3n) is 6.86. The minimum atomic E-state index is -3.82. The first-order valence-electron chi connectivity index (χ1n) is 13.5. The van der Waals surface area contributed by atoms with Gasteiger partial charge in [0, 0.05) is 30.3 Å². The molecule has 43 heavy (non-hydrogen) atoms. The number of nitrogens with one attached hydrogen (secondary N) is 1. The molecule has 0 unspecified atom stereocenters. The first kappa shape index (κ1) is 31.4. The number of rotatable bonds is 11. The Morgan fingerprint density at radius 2 is 1.65 bits per heavy atom. The fourth-order valence-electron chi connectivity index (χ4n) is 5.01. The maximum absolute atomic E-state index is 13.3. The third-order valence-corrected chi connectivity index (χ3v) is 8.38. The topological polar surface area (TPSA) is 147 Å². The van der Waals surface area contributed by atoms with Crippen LogP contribution in [0.3, 0.4) is 0 Å². The number of non-ortho nitro benzene ring substituents is 1. The van der Waals surface area contributed by atoms with Crippen molar-refractivity contribution in [1.29, 1.82) is 0 Å². The molecule has 0 bridgehead atoms. The van der Waals surface area contributed by atoms with Gasteiger partial charge in [-0.3, -0.25) is 14.9 Å². The zero-order valence-electron chi connectivity index (χ0n) is 25.1. The number of nitro groups is 1. The van der Waals surface area contributed by atoms with Crippen LogP contribution in [0.15, 0.2) is 48.5 Å². The summed E-state index contributed by atoms with van der Waals surface area (Å²) in [6.07, 6.45) is 0. The van der Waals surface area contributed by atoms with Gasteiger partial charge in [0.05, 0.1) is 42.3 Å². The van der Waals surface area contributed by atoms with Gasteiger partial charge in [-0.05, 0) is 49.6 Å². The molecule has 1 amide bonds. The Morgan fingerprint density at radius 3 is 2.28 bits per heavy atom. The minimum Gasteiger partial charge on any atom is -0.496 e. The van der Waals surface area contributed by atoms with Crippen LogP contribution in [-0.4, -0.2) is 51.8 Å². The zero-order valence-corrected chi connectivity index (χ0v) is 25.9. The number of hydrogen-bond donors (Lipinski definition) is 1. The van der Waals surface area contributed by atoms with Crippen LogP contribution in [-0.2, 0) is 21.5 Å². The zero-order chi connectivity index (χ0) is 31.7. The van der Waals surface area contributed by atoms with Crippen molar-refractivity contribution in [3.8, 4) is 34.1 Å². The normalized spacial score (nSPS) is 14.1. The van der Waals surface area contributed by atoms with Crippen LogP contribution in [0.4, 0.5) is 17.1 Å². The fourth-order valence-corrected chi connectivity index (χ4v) is 6.29. The van der Waals surface area contributed by atoms with Crippen LogP contribution < -0.4 is 28.6 Å². The smallest absolute Gasteiger partial charge is 0.309 e. The molecule has 230 valence electrons. The van der Waals surface area contributed by atoms with Gasteiger partial charge in [0.2, 0.25) is 0 Å². The second kappa shape index (κ2) is 12.0. The lowest BCUT2D eigenvalue weighted by atomic mass is 9.91. The summed E-state index contributed by atoms with van der Waals surface area (Å²) in [5.74, 6) is 0.406. The predicted molar refractivity (Wildman–Crippen MR) is 163 cm³/mol. The highest BCUT2D eigenvalue weighted by atomic mass is 32.2. The Hall–Kier alpha value is -4.52. The van der Waals surface area contributed by atoms with E-state index in [2.05, 4.69) is 5.32 Å². The first-order valence-corrected chi connectivity index (χ1v) is 15.0. The molecule has 1 aliphatic heterocycles. The summed E-state index contributed by atoms with van der Waals surface area (Å²) in [6.45, 7) is 7.01. The molecule has 1 heterocycles. The van der Waals surface area contributed by atoms with Crippen molar-refractivity contribution in [3.05, 3.63) is 64.2 Å². The number of hydrogen-bond acceptors (Lipinski definition) is 10. The number of likely N-dealkylation sites (N-methyl/N-ethyl adjacent to an activating group) is 1. The summed E-state index contributed by atoms with van der Waals surface area (Å²) in [6, 6.07) is 12.4. The van der Waals surface area contributed by atoms with Crippen molar-refractivity contribution in [2.24, 2.45) is 5.92 Å². The molecule has 0 saturated heterocycles. The van der Waals surface area contributed by atoms with Gasteiger partial charge in [-0.15, -0.1) is 0 Å². The van der Waals surface area contributed by atoms with Crippen molar-refractivity contribution in [2.75, 3.05) is 37.2 Å². The number of fused-ring (bicyclic) bond motifs is 1. The summed E-state index contributed by atoms with van der Waals surface area (Å²) in [5, 5.41) is 14.7. The molecule has 12 nitrogen and oxygen atoms in total. The summed E-state index contributed by atoms with van der Waals surface area (Å²) in [4.78, 5) is 25.8. The molecule has 0 aromatic heterocycles. The number of carbonyl (C=O) groups is 1.